The SMILES string of the molecule is CCOC(=O)c1c(NC(=O)CNc2ccc(C)c(Cl)c2)sc2c1CCCC2. The van der Waals surface area contributed by atoms with Gasteiger partial charge in [-0.15, -0.1) is 11.3 Å². The fourth-order valence-electron chi connectivity index (χ4n) is 3.13. The number of carbonyl (C=O) groups excluding carboxylic acids is 2. The third-order valence-electron chi connectivity index (χ3n) is 4.53. The van der Waals surface area contributed by atoms with Gasteiger partial charge in [-0.05, 0) is 62.8 Å². The Morgan fingerprint density at radius 3 is 2.78 bits per heavy atom. The van der Waals surface area contributed by atoms with Crippen molar-refractivity contribution in [1.29, 1.82) is 0 Å². The van der Waals surface area contributed by atoms with Crippen LogP contribution in [0.3, 0.4) is 0 Å². The van der Waals surface area contributed by atoms with Gasteiger partial charge in [0.05, 0.1) is 18.7 Å². The standard InChI is InChI=1S/C20H23ClN2O3S/c1-3-26-20(25)18-14-6-4-5-7-16(14)27-19(18)23-17(24)11-22-13-9-8-12(2)15(21)10-13/h8-10,22H,3-7,11H2,1-2H3,(H,23,24). The second-order valence-electron chi connectivity index (χ2n) is 6.50. The van der Waals surface area contributed by atoms with E-state index in [1.807, 2.05) is 19.1 Å². The van der Waals surface area contributed by atoms with E-state index in [-0.39, 0.29) is 18.4 Å². The highest BCUT2D eigenvalue weighted by molar-refractivity contribution is 7.17. The zero-order valence-electron chi connectivity index (χ0n) is 15.5. The molecule has 1 aliphatic rings. The summed E-state index contributed by atoms with van der Waals surface area (Å²) in [4.78, 5) is 26.0. The zero-order valence-corrected chi connectivity index (χ0v) is 17.1. The van der Waals surface area contributed by atoms with Crippen LogP contribution in [-0.2, 0) is 22.4 Å². The predicted molar refractivity (Wildman–Crippen MR) is 110 cm³/mol. The Bertz CT molecular complexity index is 863. The van der Waals surface area contributed by atoms with Crippen molar-refractivity contribution in [3.05, 3.63) is 44.8 Å². The number of esters is 1. The largest absolute Gasteiger partial charge is 0.462 e. The first kappa shape index (κ1) is 19.7. The van der Waals surface area contributed by atoms with Gasteiger partial charge in [-0.3, -0.25) is 4.79 Å². The summed E-state index contributed by atoms with van der Waals surface area (Å²) in [6.07, 6.45) is 3.97. The molecule has 0 aliphatic heterocycles. The smallest absolute Gasteiger partial charge is 0.341 e. The summed E-state index contributed by atoms with van der Waals surface area (Å²) in [5.74, 6) is -0.568. The number of carbonyl (C=O) groups is 2. The van der Waals surface area contributed by atoms with Crippen LogP contribution in [0.1, 0.15) is 46.1 Å². The van der Waals surface area contributed by atoms with E-state index in [2.05, 4.69) is 10.6 Å². The van der Waals surface area contributed by atoms with Gasteiger partial charge in [-0.1, -0.05) is 17.7 Å². The lowest BCUT2D eigenvalue weighted by atomic mass is 9.95. The summed E-state index contributed by atoms with van der Waals surface area (Å²) in [5.41, 5.74) is 3.33. The van der Waals surface area contributed by atoms with Crippen molar-refractivity contribution in [3.8, 4) is 0 Å². The fourth-order valence-corrected chi connectivity index (χ4v) is 4.60. The molecule has 27 heavy (non-hydrogen) atoms. The average Bonchev–Trinajstić information content (AvgIpc) is 3.00. The minimum absolute atomic E-state index is 0.0875. The highest BCUT2D eigenvalue weighted by Gasteiger charge is 2.27. The number of hydrogen-bond acceptors (Lipinski definition) is 5. The minimum Gasteiger partial charge on any atom is -0.462 e. The molecule has 2 N–H and O–H groups in total. The molecule has 3 rings (SSSR count). The van der Waals surface area contributed by atoms with Crippen LogP contribution in [0.5, 0.6) is 0 Å². The highest BCUT2D eigenvalue weighted by atomic mass is 35.5. The fraction of sp³-hybridized carbons (Fsp3) is 0.400. The molecule has 1 heterocycles. The maximum absolute atomic E-state index is 12.4. The van der Waals surface area contributed by atoms with Crippen LogP contribution < -0.4 is 10.6 Å². The molecule has 0 atom stereocenters. The second-order valence-corrected chi connectivity index (χ2v) is 8.01. The third-order valence-corrected chi connectivity index (χ3v) is 6.14. The lowest BCUT2D eigenvalue weighted by molar-refractivity contribution is -0.114. The van der Waals surface area contributed by atoms with E-state index >= 15 is 0 Å². The van der Waals surface area contributed by atoms with Gasteiger partial charge in [0.25, 0.3) is 0 Å². The quantitative estimate of drug-likeness (QED) is 0.675. The molecule has 7 heteroatoms. The molecule has 1 aromatic carbocycles. The van der Waals surface area contributed by atoms with Gasteiger partial charge < -0.3 is 15.4 Å². The number of rotatable bonds is 6. The number of benzene rings is 1. The maximum atomic E-state index is 12.4. The van der Waals surface area contributed by atoms with Crippen molar-refractivity contribution in [2.24, 2.45) is 0 Å². The Morgan fingerprint density at radius 1 is 1.26 bits per heavy atom. The number of fused-ring (bicyclic) bond motifs is 1. The average molecular weight is 407 g/mol. The summed E-state index contributed by atoms with van der Waals surface area (Å²) in [6, 6.07) is 5.56. The van der Waals surface area contributed by atoms with Crippen molar-refractivity contribution in [3.63, 3.8) is 0 Å². The Labute approximate surface area is 168 Å². The summed E-state index contributed by atoms with van der Waals surface area (Å²) in [5, 5.41) is 7.19. The van der Waals surface area contributed by atoms with Crippen LogP contribution in [0, 0.1) is 6.92 Å². The van der Waals surface area contributed by atoms with Crippen molar-refractivity contribution in [2.75, 3.05) is 23.8 Å². The summed E-state index contributed by atoms with van der Waals surface area (Å²) < 4.78 is 5.21. The van der Waals surface area contributed by atoms with E-state index in [4.69, 9.17) is 16.3 Å². The van der Waals surface area contributed by atoms with E-state index in [0.29, 0.717) is 22.2 Å². The van der Waals surface area contributed by atoms with Gasteiger partial charge in [-0.25, -0.2) is 4.79 Å². The number of anilines is 2. The topological polar surface area (TPSA) is 67.4 Å². The molecule has 0 fully saturated rings. The Kier molecular flexibility index (Phi) is 6.39. The highest BCUT2D eigenvalue weighted by Crippen LogP contribution is 2.38. The monoisotopic (exact) mass is 406 g/mol. The molecule has 0 saturated heterocycles. The molecule has 0 bridgehead atoms. The van der Waals surface area contributed by atoms with Crippen LogP contribution in [0.2, 0.25) is 5.02 Å². The molecular formula is C20H23ClN2O3S. The summed E-state index contributed by atoms with van der Waals surface area (Å²) in [7, 11) is 0. The van der Waals surface area contributed by atoms with Crippen molar-refractivity contribution in [2.45, 2.75) is 39.5 Å². The van der Waals surface area contributed by atoms with E-state index in [9.17, 15) is 9.59 Å². The first-order valence-corrected chi connectivity index (χ1v) is 10.3. The van der Waals surface area contributed by atoms with Crippen molar-refractivity contribution < 1.29 is 14.3 Å². The normalized spacial score (nSPS) is 13.0. The maximum Gasteiger partial charge on any atom is 0.341 e. The van der Waals surface area contributed by atoms with Gasteiger partial charge in [0.15, 0.2) is 0 Å². The number of halogens is 1. The molecule has 1 aromatic heterocycles. The number of nitrogens with one attached hydrogen (secondary N) is 2. The lowest BCUT2D eigenvalue weighted by Crippen LogP contribution is -2.22. The summed E-state index contributed by atoms with van der Waals surface area (Å²) >= 11 is 7.60. The van der Waals surface area contributed by atoms with Crippen LogP contribution in [0.15, 0.2) is 18.2 Å². The van der Waals surface area contributed by atoms with Crippen LogP contribution in [0.25, 0.3) is 0 Å². The van der Waals surface area contributed by atoms with Crippen molar-refractivity contribution >= 4 is 45.5 Å². The first-order chi connectivity index (χ1) is 13.0. The molecule has 5 nitrogen and oxygen atoms in total. The lowest BCUT2D eigenvalue weighted by Gasteiger charge is -2.12. The third kappa shape index (κ3) is 4.62. The molecule has 0 saturated carbocycles. The van der Waals surface area contributed by atoms with Crippen LogP contribution >= 0.6 is 22.9 Å². The number of hydrogen-bond donors (Lipinski definition) is 2. The molecule has 1 amide bonds. The van der Waals surface area contributed by atoms with Gasteiger partial charge in [0.1, 0.15) is 5.00 Å². The molecule has 0 spiro atoms. The number of ether oxygens (including phenoxy) is 1. The van der Waals surface area contributed by atoms with Crippen LogP contribution in [-0.4, -0.2) is 25.0 Å². The molecule has 2 aromatic rings. The second kappa shape index (κ2) is 8.76. The minimum atomic E-state index is -0.356. The van der Waals surface area contributed by atoms with Gasteiger partial charge >= 0.3 is 5.97 Å². The molecular weight excluding hydrogens is 384 g/mol. The molecule has 1 aliphatic carbocycles. The van der Waals surface area contributed by atoms with E-state index < -0.39 is 0 Å². The van der Waals surface area contributed by atoms with E-state index in [1.54, 1.807) is 13.0 Å². The molecule has 0 unspecified atom stereocenters. The van der Waals surface area contributed by atoms with Crippen LogP contribution in [0.4, 0.5) is 10.7 Å². The van der Waals surface area contributed by atoms with Gasteiger partial charge in [0, 0.05) is 15.6 Å². The zero-order chi connectivity index (χ0) is 19.4. The number of aryl methyl sites for hydroxylation is 2. The molecule has 144 valence electrons. The van der Waals surface area contributed by atoms with Crippen molar-refractivity contribution in [1.82, 2.24) is 0 Å². The van der Waals surface area contributed by atoms with E-state index in [1.165, 1.54) is 16.2 Å². The molecule has 0 radical (unpaired) electrons. The number of thiophene rings is 1. The number of amides is 1. The Morgan fingerprint density at radius 2 is 2.04 bits per heavy atom. The van der Waals surface area contributed by atoms with Gasteiger partial charge in [0.2, 0.25) is 5.91 Å². The first-order valence-electron chi connectivity index (χ1n) is 9.11. The van der Waals surface area contributed by atoms with Gasteiger partial charge in [-0.2, -0.15) is 0 Å². The Balaban J connectivity index is 1.72. The Hall–Kier alpha value is -2.05. The van der Waals surface area contributed by atoms with E-state index in [0.717, 1.165) is 42.5 Å². The summed E-state index contributed by atoms with van der Waals surface area (Å²) in [6.45, 7) is 4.11. The predicted octanol–water partition coefficient (Wildman–Crippen LogP) is 4.82.